The van der Waals surface area contributed by atoms with E-state index >= 15 is 0 Å². The zero-order valence-electron chi connectivity index (χ0n) is 7.18. The van der Waals surface area contributed by atoms with Crippen molar-refractivity contribution >= 4 is 43.4 Å². The molecule has 1 N–H and O–H groups in total. The van der Waals surface area contributed by atoms with Crippen LogP contribution in [0.5, 0.6) is 0 Å². The fourth-order valence-electron chi connectivity index (χ4n) is 0.689. The Balaban J connectivity index is 0.000000132. The van der Waals surface area contributed by atoms with E-state index in [1.54, 1.807) is 0 Å². The third-order valence-corrected chi connectivity index (χ3v) is 2.13. The summed E-state index contributed by atoms with van der Waals surface area (Å²) in [5.41, 5.74) is 0. The van der Waals surface area contributed by atoms with Gasteiger partial charge >= 0.3 is 61.1 Å². The van der Waals surface area contributed by atoms with Crippen molar-refractivity contribution in [2.24, 2.45) is 0 Å². The van der Waals surface area contributed by atoms with Crippen LogP contribution in [-0.2, 0) is 0 Å². The van der Waals surface area contributed by atoms with Crippen LogP contribution in [0.2, 0.25) is 0 Å². The van der Waals surface area contributed by atoms with Gasteiger partial charge in [-0.2, -0.15) is 0 Å². The van der Waals surface area contributed by atoms with Crippen LogP contribution < -0.4 is 2.81 Å². The summed E-state index contributed by atoms with van der Waals surface area (Å²) in [6, 6.07) is 10.5. The van der Waals surface area contributed by atoms with Crippen LogP contribution in [-0.4, -0.2) is 48.6 Å². The molecule has 0 atom stereocenters. The summed E-state index contributed by atoms with van der Waals surface area (Å²) in [6.45, 7) is 0. The van der Waals surface area contributed by atoms with Gasteiger partial charge in [0.15, 0.2) is 0 Å². The van der Waals surface area contributed by atoms with E-state index in [-0.39, 0.29) is 0 Å². The maximum atomic E-state index is 3.74. The van der Waals surface area contributed by atoms with Crippen LogP contribution in [0.15, 0.2) is 35.5 Å². The molecule has 0 radical (unpaired) electrons. The fourth-order valence-corrected chi connectivity index (χ4v) is 1.16. The summed E-state index contributed by atoms with van der Waals surface area (Å²) in [5, 5.41) is 12.6. The molecule has 2 aromatic rings. The first kappa shape index (κ1) is 10.7. The molecule has 0 unspecified atom stereocenters. The van der Waals surface area contributed by atoms with Crippen molar-refractivity contribution in [1.82, 2.24) is 20.6 Å². The van der Waals surface area contributed by atoms with Gasteiger partial charge in [0, 0.05) is 0 Å². The second-order valence-electron chi connectivity index (χ2n) is 2.38. The van der Waals surface area contributed by atoms with E-state index in [4.69, 9.17) is 0 Å². The predicted molar refractivity (Wildman–Crippen MR) is 53.3 cm³/mol. The minimum absolute atomic E-state index is 0.440. The van der Waals surface area contributed by atoms with Gasteiger partial charge in [-0.1, -0.05) is 0 Å². The molecule has 0 amide bonds. The van der Waals surface area contributed by atoms with Crippen molar-refractivity contribution < 1.29 is 0 Å². The molecule has 0 aliphatic rings. The number of rotatable bonds is 0. The molecule has 0 bridgehead atoms. The number of nitrogens with one attached hydrogen (secondary N) is 1. The number of hydrogen-bond acceptors (Lipinski definition) is 4. The molecule has 6 heteroatoms. The van der Waals surface area contributed by atoms with Crippen LogP contribution >= 0.6 is 12.6 Å². The number of aromatic nitrogens is 4. The zero-order valence-corrected chi connectivity index (χ0v) is 10.1. The molecule has 0 spiro atoms. The molecule has 0 saturated carbocycles. The van der Waals surface area contributed by atoms with Gasteiger partial charge in [-0.05, 0) is 10.4 Å². The van der Waals surface area contributed by atoms with E-state index in [2.05, 4.69) is 57.5 Å². The fraction of sp³-hybridized carbons (Fsp3) is 0. The molecule has 1 aromatic heterocycles. The van der Waals surface area contributed by atoms with E-state index < -0.39 is 0 Å². The van der Waals surface area contributed by atoms with Crippen molar-refractivity contribution in [2.45, 2.75) is 5.16 Å². The second kappa shape index (κ2) is 6.15. The Morgan fingerprint density at radius 3 is 2.15 bits per heavy atom. The summed E-state index contributed by atoms with van der Waals surface area (Å²) >= 11 is 4.92. The van der Waals surface area contributed by atoms with Gasteiger partial charge in [0.1, 0.15) is 0 Å². The van der Waals surface area contributed by atoms with Crippen molar-refractivity contribution in [3.63, 3.8) is 0 Å². The summed E-state index contributed by atoms with van der Waals surface area (Å²) in [5.74, 6) is 0. The first-order valence-electron chi connectivity index (χ1n) is 3.73. The minimum atomic E-state index is 0.440. The van der Waals surface area contributed by atoms with E-state index in [0.29, 0.717) is 5.16 Å². The normalized spacial score (nSPS) is 8.85. The third kappa shape index (κ3) is 5.05. The van der Waals surface area contributed by atoms with Crippen LogP contribution in [0.4, 0.5) is 0 Å². The van der Waals surface area contributed by atoms with Gasteiger partial charge in [-0.25, -0.2) is 5.10 Å². The molecule has 2 rings (SSSR count). The summed E-state index contributed by atoms with van der Waals surface area (Å²) in [7, 11) is 0. The number of thiol groups is 1. The SMILES string of the molecule is Sc1nnn[nH]1.[Na][c]1ccccc1. The molecule has 1 heterocycles. The first-order chi connectivity index (χ1) is 6.29. The van der Waals surface area contributed by atoms with E-state index in [1.165, 1.54) is 30.7 Å². The summed E-state index contributed by atoms with van der Waals surface area (Å²) < 4.78 is 1.46. The number of benzene rings is 1. The number of H-pyrrole nitrogens is 1. The van der Waals surface area contributed by atoms with Crippen molar-refractivity contribution in [3.8, 4) is 0 Å². The monoisotopic (exact) mass is 202 g/mol. The van der Waals surface area contributed by atoms with Gasteiger partial charge in [0.2, 0.25) is 5.16 Å². The van der Waals surface area contributed by atoms with Gasteiger partial charge in [-0.3, -0.25) is 0 Å². The van der Waals surface area contributed by atoms with Gasteiger partial charge in [0.25, 0.3) is 0 Å². The Hall–Kier alpha value is -0.360. The molecule has 0 aliphatic carbocycles. The van der Waals surface area contributed by atoms with Gasteiger partial charge < -0.3 is 0 Å². The molecule has 4 nitrogen and oxygen atoms in total. The van der Waals surface area contributed by atoms with Crippen molar-refractivity contribution in [1.29, 1.82) is 0 Å². The van der Waals surface area contributed by atoms with Crippen LogP contribution in [0.1, 0.15) is 0 Å². The molecule has 0 aliphatic heterocycles. The Kier molecular flexibility index (Phi) is 5.07. The number of nitrogens with zero attached hydrogens (tertiary/aromatic N) is 3. The van der Waals surface area contributed by atoms with Crippen LogP contribution in [0, 0.1) is 0 Å². The number of hydrogen-bond donors (Lipinski definition) is 2. The Morgan fingerprint density at radius 2 is 1.92 bits per heavy atom. The van der Waals surface area contributed by atoms with Crippen molar-refractivity contribution in [2.75, 3.05) is 0 Å². The Morgan fingerprint density at radius 1 is 1.23 bits per heavy atom. The molecule has 0 saturated heterocycles. The van der Waals surface area contributed by atoms with Crippen LogP contribution in [0.3, 0.4) is 0 Å². The quantitative estimate of drug-likeness (QED) is 0.466. The zero-order chi connectivity index (χ0) is 9.52. The number of tetrazole rings is 1. The third-order valence-electron chi connectivity index (χ3n) is 1.27. The first-order valence-corrected chi connectivity index (χ1v) is 5.18. The van der Waals surface area contributed by atoms with E-state index in [0.717, 1.165) is 0 Å². The summed E-state index contributed by atoms with van der Waals surface area (Å²) in [4.78, 5) is 0. The molecule has 13 heavy (non-hydrogen) atoms. The maximum absolute atomic E-state index is 3.74. The topological polar surface area (TPSA) is 54.5 Å². The summed E-state index contributed by atoms with van der Waals surface area (Å²) in [6.07, 6.45) is 0. The van der Waals surface area contributed by atoms with Crippen molar-refractivity contribution in [3.05, 3.63) is 30.3 Å². The molecular formula is C7H7N4NaS. The molecule has 62 valence electrons. The Bertz CT molecular complexity index is 323. The molecule has 0 fully saturated rings. The molecule has 1 aromatic carbocycles. The predicted octanol–water partition coefficient (Wildman–Crippen LogP) is -0.0312. The second-order valence-corrected chi connectivity index (χ2v) is 3.96. The average molecular weight is 202 g/mol. The van der Waals surface area contributed by atoms with Gasteiger partial charge in [0.05, 0.1) is 0 Å². The van der Waals surface area contributed by atoms with E-state index in [1.807, 2.05) is 6.07 Å². The number of aromatic amines is 1. The van der Waals surface area contributed by atoms with Gasteiger partial charge in [-0.15, -0.1) is 17.7 Å². The Labute approximate surface area is 99.0 Å². The van der Waals surface area contributed by atoms with Crippen LogP contribution in [0.25, 0.3) is 0 Å². The average Bonchev–Trinajstić information content (AvgIpc) is 2.58. The van der Waals surface area contributed by atoms with E-state index in [9.17, 15) is 0 Å². The molecular weight excluding hydrogens is 195 g/mol. The standard InChI is InChI=1S/C6H5.CH2N4S.Na/c1-2-4-6-5-3-1;6-1-2-4-5-3-1;/h1-5H;(H2,2,3,4,5,6);.